The summed E-state index contributed by atoms with van der Waals surface area (Å²) >= 11 is 0. The van der Waals surface area contributed by atoms with Gasteiger partial charge in [0, 0.05) is 24.4 Å². The van der Waals surface area contributed by atoms with E-state index in [-0.39, 0.29) is 12.2 Å². The first-order valence-corrected chi connectivity index (χ1v) is 6.73. The van der Waals surface area contributed by atoms with Gasteiger partial charge in [0.1, 0.15) is 6.10 Å². The third-order valence-electron chi connectivity index (χ3n) is 1.66. The minimum Gasteiger partial charge on any atom is -0.368 e. The molecule has 0 saturated carbocycles. The average molecular weight is 230 g/mol. The van der Waals surface area contributed by atoms with Crippen LogP contribution in [0.2, 0.25) is 0 Å². The zero-order valence-electron chi connectivity index (χ0n) is 6.47. The fraction of sp³-hybridized carbons (Fsp3) is 1.00. The molecule has 0 aromatic carbocycles. The molecule has 0 spiro atoms. The molecule has 1 aliphatic heterocycles. The molecule has 1 saturated heterocycles. The Morgan fingerprint density at radius 1 is 1.67 bits per heavy atom. The molecule has 1 rings (SSSR count). The van der Waals surface area contributed by atoms with E-state index in [1.165, 1.54) is 0 Å². The topological polar surface area (TPSA) is 47.9 Å². The van der Waals surface area contributed by atoms with Gasteiger partial charge in [-0.2, -0.15) is 0 Å². The van der Waals surface area contributed by atoms with Crippen molar-refractivity contribution in [1.29, 1.82) is 0 Å². The highest BCUT2D eigenvalue weighted by Gasteiger charge is 2.34. The molecule has 0 amide bonds. The normalized spacial score (nSPS) is 36.8. The predicted octanol–water partition coefficient (Wildman–Crippen LogP) is 0.669. The van der Waals surface area contributed by atoms with Crippen LogP contribution in [0.25, 0.3) is 0 Å². The number of hydrogen-bond donors (Lipinski definition) is 1. The van der Waals surface area contributed by atoms with Gasteiger partial charge in [-0.1, -0.05) is 8.93 Å². The fourth-order valence-corrected chi connectivity index (χ4v) is 2.29. The average Bonchev–Trinajstić information content (AvgIpc) is 2.33. The van der Waals surface area contributed by atoms with E-state index in [2.05, 4.69) is 18.4 Å². The molecule has 4 nitrogen and oxygen atoms in total. The molecule has 1 heterocycles. The second kappa shape index (κ2) is 5.78. The van der Waals surface area contributed by atoms with Crippen molar-refractivity contribution in [2.75, 3.05) is 6.61 Å². The number of hydrogen-bond acceptors (Lipinski definition) is 4. The highest BCUT2D eigenvalue weighted by Crippen LogP contribution is 2.32. The van der Waals surface area contributed by atoms with Crippen molar-refractivity contribution in [3.8, 4) is 0 Å². The van der Waals surface area contributed by atoms with Crippen LogP contribution in [0.15, 0.2) is 0 Å². The van der Waals surface area contributed by atoms with Gasteiger partial charge in [0.05, 0.1) is 12.7 Å². The van der Waals surface area contributed by atoms with Crippen molar-refractivity contribution >= 4 is 26.9 Å². The first-order chi connectivity index (χ1) is 5.77. The fourth-order valence-electron chi connectivity index (χ4n) is 1.15. The highest BCUT2D eigenvalue weighted by molar-refractivity contribution is 8.00. The van der Waals surface area contributed by atoms with Crippen molar-refractivity contribution in [3.05, 3.63) is 0 Å². The largest absolute Gasteiger partial charge is 0.368 e. The Morgan fingerprint density at radius 2 is 2.42 bits per heavy atom. The van der Waals surface area contributed by atoms with Crippen LogP contribution in [0, 0.1) is 0 Å². The SMILES string of the molecule is O[C@H]1C[C@@H](OPP)[C@@H](COP)O1. The lowest BCUT2D eigenvalue weighted by Crippen LogP contribution is -2.25. The zero-order chi connectivity index (χ0) is 8.97. The van der Waals surface area contributed by atoms with Gasteiger partial charge in [0.25, 0.3) is 0 Å². The summed E-state index contributed by atoms with van der Waals surface area (Å²) in [7, 11) is 4.98. The molecule has 72 valence electrons. The maximum atomic E-state index is 9.15. The highest BCUT2D eigenvalue weighted by atomic mass is 32.0. The number of ether oxygens (including phenoxy) is 1. The Labute approximate surface area is 78.0 Å². The Hall–Kier alpha value is 1.13. The molecule has 6 atom stereocenters. The summed E-state index contributed by atoms with van der Waals surface area (Å²) in [5.41, 5.74) is 0. The van der Waals surface area contributed by atoms with Crippen LogP contribution < -0.4 is 0 Å². The third kappa shape index (κ3) is 3.12. The van der Waals surface area contributed by atoms with Gasteiger partial charge in [-0.3, -0.25) is 0 Å². The zero-order valence-corrected chi connectivity index (χ0v) is 9.78. The quantitative estimate of drug-likeness (QED) is 0.721. The van der Waals surface area contributed by atoms with Gasteiger partial charge in [-0.25, -0.2) is 0 Å². The van der Waals surface area contributed by atoms with Crippen molar-refractivity contribution in [2.45, 2.75) is 24.9 Å². The van der Waals surface area contributed by atoms with Gasteiger partial charge < -0.3 is 18.9 Å². The van der Waals surface area contributed by atoms with Gasteiger partial charge in [0.15, 0.2) is 6.29 Å². The van der Waals surface area contributed by atoms with Crippen molar-refractivity contribution in [2.24, 2.45) is 0 Å². The van der Waals surface area contributed by atoms with Crippen LogP contribution in [0.4, 0.5) is 0 Å². The molecule has 12 heavy (non-hydrogen) atoms. The van der Waals surface area contributed by atoms with Gasteiger partial charge in [-0.15, -0.1) is 0 Å². The standard InChI is InChI=1S/C5H13O4P3/c6-5-1-3(9-12-11)4(8-5)2-7-10/h3-6,12H,1-2,10-11H2/t3-,4-,5-/m1/s1. The number of aliphatic hydroxyl groups is 1. The van der Waals surface area contributed by atoms with Gasteiger partial charge in [-0.05, 0) is 0 Å². The molecule has 0 aromatic rings. The number of rotatable bonds is 4. The first kappa shape index (κ1) is 11.2. The Kier molecular flexibility index (Phi) is 5.39. The summed E-state index contributed by atoms with van der Waals surface area (Å²) in [6, 6.07) is 0. The van der Waals surface area contributed by atoms with E-state index in [1.54, 1.807) is 0 Å². The van der Waals surface area contributed by atoms with Crippen LogP contribution in [-0.4, -0.2) is 30.2 Å². The minimum atomic E-state index is -0.707. The van der Waals surface area contributed by atoms with Crippen molar-refractivity contribution in [1.82, 2.24) is 0 Å². The first-order valence-electron chi connectivity index (χ1n) is 3.54. The molecular weight excluding hydrogens is 217 g/mol. The monoisotopic (exact) mass is 230 g/mol. The summed E-state index contributed by atoms with van der Waals surface area (Å²) in [5, 5.41) is 9.15. The molecule has 0 radical (unpaired) electrons. The second-order valence-electron chi connectivity index (χ2n) is 2.47. The van der Waals surface area contributed by atoms with Crippen LogP contribution in [0.5, 0.6) is 0 Å². The van der Waals surface area contributed by atoms with Gasteiger partial charge in [0.2, 0.25) is 0 Å². The van der Waals surface area contributed by atoms with E-state index in [1.807, 2.05) is 0 Å². The summed E-state index contributed by atoms with van der Waals surface area (Å²) < 4.78 is 15.4. The van der Waals surface area contributed by atoms with Crippen molar-refractivity contribution < 1.29 is 18.9 Å². The molecule has 1 N–H and O–H groups in total. The molecule has 1 fully saturated rings. The third-order valence-corrected chi connectivity index (χ3v) is 2.70. The van der Waals surface area contributed by atoms with E-state index in [0.717, 1.165) is 0 Å². The maximum Gasteiger partial charge on any atom is 0.157 e. The van der Waals surface area contributed by atoms with E-state index in [4.69, 9.17) is 18.9 Å². The van der Waals surface area contributed by atoms with Gasteiger partial charge >= 0.3 is 0 Å². The lowest BCUT2D eigenvalue weighted by molar-refractivity contribution is -0.102. The predicted molar refractivity (Wildman–Crippen MR) is 54.1 cm³/mol. The lowest BCUT2D eigenvalue weighted by atomic mass is 10.2. The lowest BCUT2D eigenvalue weighted by Gasteiger charge is -2.16. The Bertz CT molecular complexity index is 122. The molecule has 7 heteroatoms. The Balaban J connectivity index is 2.36. The second-order valence-corrected chi connectivity index (χ2v) is 3.98. The molecule has 3 unspecified atom stereocenters. The van der Waals surface area contributed by atoms with E-state index < -0.39 is 6.29 Å². The Morgan fingerprint density at radius 3 is 3.00 bits per heavy atom. The summed E-state index contributed by atoms with van der Waals surface area (Å²) in [6.45, 7) is 0.432. The molecular formula is C5H13O4P3. The molecule has 1 aliphatic rings. The van der Waals surface area contributed by atoms with E-state index >= 15 is 0 Å². The number of aliphatic hydroxyl groups excluding tert-OH is 1. The summed E-state index contributed by atoms with van der Waals surface area (Å²) in [4.78, 5) is 0. The van der Waals surface area contributed by atoms with E-state index in [0.29, 0.717) is 21.5 Å². The summed E-state index contributed by atoms with van der Waals surface area (Å²) in [5.74, 6) is 0. The minimum absolute atomic E-state index is 0.0450. The van der Waals surface area contributed by atoms with E-state index in [9.17, 15) is 0 Å². The molecule has 0 bridgehead atoms. The van der Waals surface area contributed by atoms with Crippen LogP contribution in [-0.2, 0) is 13.8 Å². The summed E-state index contributed by atoms with van der Waals surface area (Å²) in [6.07, 6.45) is -0.372. The smallest absolute Gasteiger partial charge is 0.157 e. The van der Waals surface area contributed by atoms with Crippen LogP contribution >= 0.6 is 26.9 Å². The van der Waals surface area contributed by atoms with Crippen LogP contribution in [0.3, 0.4) is 0 Å². The molecule has 0 aliphatic carbocycles. The van der Waals surface area contributed by atoms with Crippen molar-refractivity contribution in [3.63, 3.8) is 0 Å². The van der Waals surface area contributed by atoms with Crippen LogP contribution in [0.1, 0.15) is 6.42 Å². The molecule has 0 aromatic heterocycles. The maximum absolute atomic E-state index is 9.15.